The Balaban J connectivity index is 1.73. The molecule has 0 amide bonds. The molecule has 0 spiro atoms. The van der Waals surface area contributed by atoms with Gasteiger partial charge in [0.05, 0.1) is 13.2 Å². The summed E-state index contributed by atoms with van der Waals surface area (Å²) in [5.41, 5.74) is 1.22. The fourth-order valence-corrected chi connectivity index (χ4v) is 1.60. The van der Waals surface area contributed by atoms with Gasteiger partial charge in [-0.15, -0.1) is 0 Å². The van der Waals surface area contributed by atoms with Gasteiger partial charge < -0.3 is 9.47 Å². The molecule has 0 radical (unpaired) electrons. The van der Waals surface area contributed by atoms with E-state index in [-0.39, 0.29) is 0 Å². The highest BCUT2D eigenvalue weighted by atomic mass is 16.6. The van der Waals surface area contributed by atoms with Crippen LogP contribution in [0.4, 0.5) is 0 Å². The van der Waals surface area contributed by atoms with E-state index < -0.39 is 0 Å². The predicted molar refractivity (Wildman–Crippen MR) is 53.4 cm³/mol. The van der Waals surface area contributed by atoms with Crippen molar-refractivity contribution in [2.24, 2.45) is 5.92 Å². The van der Waals surface area contributed by atoms with Crippen molar-refractivity contribution < 1.29 is 9.47 Å². The van der Waals surface area contributed by atoms with Crippen molar-refractivity contribution in [2.75, 3.05) is 13.2 Å². The summed E-state index contributed by atoms with van der Waals surface area (Å²) in [6.45, 7) is 1.73. The van der Waals surface area contributed by atoms with Crippen molar-refractivity contribution >= 4 is 0 Å². The minimum atomic E-state index is 0.297. The molecule has 2 heteroatoms. The molecule has 74 valence electrons. The first-order chi connectivity index (χ1) is 6.93. The van der Waals surface area contributed by atoms with Crippen LogP contribution in [0.5, 0.6) is 5.75 Å². The van der Waals surface area contributed by atoms with E-state index in [9.17, 15) is 0 Å². The first kappa shape index (κ1) is 8.30. The Labute approximate surface area is 83.8 Å². The van der Waals surface area contributed by atoms with Gasteiger partial charge in [-0.1, -0.05) is 18.2 Å². The molecule has 1 aromatic carbocycles. The third kappa shape index (κ3) is 1.75. The number of rotatable bonds is 4. The molecular weight excluding hydrogens is 176 g/mol. The predicted octanol–water partition coefficient (Wildman–Crippen LogP) is 2.55. The normalized spacial score (nSPS) is 24.7. The average Bonchev–Trinajstić information content (AvgIpc) is 3.07. The second-order valence-electron chi connectivity index (χ2n) is 4.11. The lowest BCUT2D eigenvalue weighted by Crippen LogP contribution is -2.01. The van der Waals surface area contributed by atoms with Gasteiger partial charge in [0.15, 0.2) is 0 Å². The van der Waals surface area contributed by atoms with E-state index in [1.54, 1.807) is 0 Å². The van der Waals surface area contributed by atoms with Crippen molar-refractivity contribution in [1.29, 1.82) is 0 Å². The van der Waals surface area contributed by atoms with Gasteiger partial charge in [0.2, 0.25) is 0 Å². The topological polar surface area (TPSA) is 21.8 Å². The fourth-order valence-electron chi connectivity index (χ4n) is 1.60. The van der Waals surface area contributed by atoms with E-state index in [2.05, 4.69) is 6.07 Å². The van der Waals surface area contributed by atoms with Crippen LogP contribution in [0.1, 0.15) is 24.5 Å². The van der Waals surface area contributed by atoms with Crippen molar-refractivity contribution in [3.63, 3.8) is 0 Å². The number of hydrogen-bond donors (Lipinski definition) is 0. The Bertz CT molecular complexity index is 327. The maximum atomic E-state index is 5.78. The molecule has 1 saturated heterocycles. The van der Waals surface area contributed by atoms with Crippen LogP contribution in [0, 0.1) is 5.92 Å². The third-order valence-corrected chi connectivity index (χ3v) is 2.77. The Hall–Kier alpha value is -1.02. The van der Waals surface area contributed by atoms with Crippen molar-refractivity contribution in [2.45, 2.75) is 18.9 Å². The van der Waals surface area contributed by atoms with Gasteiger partial charge in [-0.05, 0) is 24.8 Å². The molecule has 2 fully saturated rings. The van der Waals surface area contributed by atoms with Crippen LogP contribution in [0.3, 0.4) is 0 Å². The highest BCUT2D eigenvalue weighted by Gasteiger charge is 2.28. The zero-order valence-corrected chi connectivity index (χ0v) is 8.11. The number of benzene rings is 1. The molecule has 1 saturated carbocycles. The third-order valence-electron chi connectivity index (χ3n) is 2.77. The zero-order chi connectivity index (χ0) is 9.38. The van der Waals surface area contributed by atoms with E-state index in [0.717, 1.165) is 24.9 Å². The summed E-state index contributed by atoms with van der Waals surface area (Å²) in [4.78, 5) is 0. The molecular formula is C12H14O2. The van der Waals surface area contributed by atoms with Gasteiger partial charge >= 0.3 is 0 Å². The van der Waals surface area contributed by atoms with Gasteiger partial charge in [0.25, 0.3) is 0 Å². The largest absolute Gasteiger partial charge is 0.493 e. The zero-order valence-electron chi connectivity index (χ0n) is 8.11. The molecule has 2 aliphatic rings. The lowest BCUT2D eigenvalue weighted by Gasteiger charge is -2.08. The molecule has 1 unspecified atom stereocenters. The van der Waals surface area contributed by atoms with Crippen LogP contribution < -0.4 is 4.74 Å². The minimum absolute atomic E-state index is 0.297. The van der Waals surface area contributed by atoms with Crippen molar-refractivity contribution in [1.82, 2.24) is 0 Å². The molecule has 0 bridgehead atoms. The molecule has 1 atom stereocenters. The Morgan fingerprint density at radius 2 is 2.07 bits per heavy atom. The van der Waals surface area contributed by atoms with E-state index in [0.29, 0.717) is 6.10 Å². The summed E-state index contributed by atoms with van der Waals surface area (Å²) >= 11 is 0. The van der Waals surface area contributed by atoms with Crippen molar-refractivity contribution in [3.8, 4) is 5.75 Å². The number of epoxide rings is 1. The Morgan fingerprint density at radius 1 is 1.29 bits per heavy atom. The summed E-state index contributed by atoms with van der Waals surface area (Å²) in [5.74, 6) is 1.82. The number of para-hydroxylation sites is 1. The Morgan fingerprint density at radius 3 is 2.79 bits per heavy atom. The summed E-state index contributed by atoms with van der Waals surface area (Å²) < 4.78 is 11.1. The van der Waals surface area contributed by atoms with E-state index in [1.165, 1.54) is 18.4 Å². The lowest BCUT2D eigenvalue weighted by atomic mass is 10.1. The highest BCUT2D eigenvalue weighted by Crippen LogP contribution is 2.37. The maximum Gasteiger partial charge on any atom is 0.125 e. The first-order valence-corrected chi connectivity index (χ1v) is 5.27. The smallest absolute Gasteiger partial charge is 0.125 e. The maximum absolute atomic E-state index is 5.78. The lowest BCUT2D eigenvalue weighted by molar-refractivity contribution is 0.292. The molecule has 2 nitrogen and oxygen atoms in total. The number of ether oxygens (including phenoxy) is 2. The Kier molecular flexibility index (Phi) is 1.95. The highest BCUT2D eigenvalue weighted by molar-refractivity contribution is 5.36. The van der Waals surface area contributed by atoms with Crippen LogP contribution in [0.15, 0.2) is 24.3 Å². The van der Waals surface area contributed by atoms with Gasteiger partial charge in [-0.25, -0.2) is 0 Å². The van der Waals surface area contributed by atoms with Crippen LogP contribution in [0.2, 0.25) is 0 Å². The van der Waals surface area contributed by atoms with E-state index in [4.69, 9.17) is 9.47 Å². The molecule has 1 aliphatic carbocycles. The molecule has 1 aromatic rings. The number of hydrogen-bond acceptors (Lipinski definition) is 2. The molecule has 3 rings (SSSR count). The minimum Gasteiger partial charge on any atom is -0.493 e. The van der Waals surface area contributed by atoms with Gasteiger partial charge in [0, 0.05) is 5.56 Å². The van der Waals surface area contributed by atoms with Gasteiger partial charge in [0.1, 0.15) is 11.9 Å². The molecule has 0 N–H and O–H groups in total. The monoisotopic (exact) mass is 190 g/mol. The van der Waals surface area contributed by atoms with Crippen LogP contribution in [-0.2, 0) is 4.74 Å². The van der Waals surface area contributed by atoms with Gasteiger partial charge in [-0.2, -0.15) is 0 Å². The molecule has 1 aliphatic heterocycles. The van der Waals surface area contributed by atoms with Crippen LogP contribution in [-0.4, -0.2) is 13.2 Å². The SMILES string of the molecule is c1ccc(C2CO2)c(OCC2CC2)c1. The molecule has 1 heterocycles. The standard InChI is InChI=1S/C12H14O2/c1-2-4-11(13-7-9-5-6-9)10(3-1)12-8-14-12/h1-4,9,12H,5-8H2. The van der Waals surface area contributed by atoms with Crippen molar-refractivity contribution in [3.05, 3.63) is 29.8 Å². The van der Waals surface area contributed by atoms with Gasteiger partial charge in [-0.3, -0.25) is 0 Å². The van der Waals surface area contributed by atoms with E-state index in [1.807, 2.05) is 18.2 Å². The van der Waals surface area contributed by atoms with Crippen LogP contribution >= 0.6 is 0 Å². The summed E-state index contributed by atoms with van der Waals surface area (Å²) in [6, 6.07) is 8.20. The summed E-state index contributed by atoms with van der Waals surface area (Å²) in [5, 5.41) is 0. The molecule has 0 aromatic heterocycles. The quantitative estimate of drug-likeness (QED) is 0.680. The second kappa shape index (κ2) is 3.28. The summed E-state index contributed by atoms with van der Waals surface area (Å²) in [6.07, 6.45) is 2.97. The van der Waals surface area contributed by atoms with Crippen LogP contribution in [0.25, 0.3) is 0 Å². The van der Waals surface area contributed by atoms with E-state index >= 15 is 0 Å². The fraction of sp³-hybridized carbons (Fsp3) is 0.500. The second-order valence-corrected chi connectivity index (χ2v) is 4.11. The first-order valence-electron chi connectivity index (χ1n) is 5.27. The average molecular weight is 190 g/mol. The molecule has 14 heavy (non-hydrogen) atoms. The summed E-state index contributed by atoms with van der Waals surface area (Å²) in [7, 11) is 0.